The molecule has 21 heavy (non-hydrogen) atoms. The van der Waals surface area contributed by atoms with Crippen LogP contribution in [0.4, 0.5) is 10.7 Å². The number of nitro groups is 1. The fourth-order valence-electron chi connectivity index (χ4n) is 1.91. The van der Waals surface area contributed by atoms with Crippen LogP contribution in [0.2, 0.25) is 0 Å². The van der Waals surface area contributed by atoms with E-state index in [1.165, 1.54) is 23.5 Å². The van der Waals surface area contributed by atoms with Crippen molar-refractivity contribution in [2.24, 2.45) is 0 Å². The first-order chi connectivity index (χ1) is 10.0. The van der Waals surface area contributed by atoms with Crippen LogP contribution in [0, 0.1) is 17.0 Å². The molecule has 0 saturated carbocycles. The normalized spacial score (nSPS) is 10.7. The molecule has 7 nitrogen and oxygen atoms in total. The summed E-state index contributed by atoms with van der Waals surface area (Å²) in [6.45, 7) is 1.93. The number of aryl methyl sites for hydroxylation is 1. The van der Waals surface area contributed by atoms with Gasteiger partial charge in [-0.25, -0.2) is 0 Å². The third-order valence-electron chi connectivity index (χ3n) is 2.86. The number of thiophene rings is 1. The first kappa shape index (κ1) is 13.3. The molecule has 3 rings (SSSR count). The lowest BCUT2D eigenvalue weighted by molar-refractivity contribution is -0.384. The molecule has 3 aromatic rings. The first-order valence-corrected chi connectivity index (χ1v) is 6.81. The highest BCUT2D eigenvalue weighted by molar-refractivity contribution is 7.16. The van der Waals surface area contributed by atoms with Gasteiger partial charge in [0.05, 0.1) is 15.5 Å². The zero-order chi connectivity index (χ0) is 15.0. The van der Waals surface area contributed by atoms with Gasteiger partial charge < -0.3 is 10.3 Å². The number of non-ortho nitro benzene ring substituents is 1. The minimum Gasteiger partial charge on any atom is -0.390 e. The van der Waals surface area contributed by atoms with Crippen molar-refractivity contribution in [3.8, 4) is 22.8 Å². The van der Waals surface area contributed by atoms with Gasteiger partial charge in [-0.15, -0.1) is 11.3 Å². The van der Waals surface area contributed by atoms with Gasteiger partial charge in [0.25, 0.3) is 11.6 Å². The summed E-state index contributed by atoms with van der Waals surface area (Å²) in [5.74, 6) is 0.593. The van der Waals surface area contributed by atoms with Gasteiger partial charge in [0.2, 0.25) is 5.82 Å². The average Bonchev–Trinajstić information content (AvgIpc) is 3.05. The molecule has 0 radical (unpaired) electrons. The second-order valence-corrected chi connectivity index (χ2v) is 5.65. The number of nitrogens with zero attached hydrogens (tertiary/aromatic N) is 3. The molecule has 0 amide bonds. The van der Waals surface area contributed by atoms with E-state index in [0.717, 1.165) is 4.88 Å². The van der Waals surface area contributed by atoms with Gasteiger partial charge in [0.1, 0.15) is 0 Å². The molecule has 106 valence electrons. The molecule has 2 heterocycles. The summed E-state index contributed by atoms with van der Waals surface area (Å²) in [4.78, 5) is 15.6. The molecule has 0 aliphatic carbocycles. The van der Waals surface area contributed by atoms with Crippen molar-refractivity contribution in [1.82, 2.24) is 10.1 Å². The van der Waals surface area contributed by atoms with Crippen molar-refractivity contribution in [2.75, 3.05) is 5.73 Å². The summed E-state index contributed by atoms with van der Waals surface area (Å²) in [5.41, 5.74) is 7.06. The van der Waals surface area contributed by atoms with E-state index in [-0.39, 0.29) is 11.5 Å². The van der Waals surface area contributed by atoms with Crippen molar-refractivity contribution in [1.29, 1.82) is 0 Å². The lowest BCUT2D eigenvalue weighted by atomic mass is 10.2. The number of benzene rings is 1. The van der Waals surface area contributed by atoms with Crippen LogP contribution in [0.25, 0.3) is 22.8 Å². The number of nitro benzene ring substituents is 1. The van der Waals surface area contributed by atoms with Crippen LogP contribution in [0.1, 0.15) is 4.88 Å². The van der Waals surface area contributed by atoms with Crippen LogP contribution in [-0.4, -0.2) is 15.1 Å². The number of aromatic nitrogens is 2. The first-order valence-electron chi connectivity index (χ1n) is 5.99. The van der Waals surface area contributed by atoms with Crippen LogP contribution >= 0.6 is 11.3 Å². The van der Waals surface area contributed by atoms with Gasteiger partial charge in [-0.2, -0.15) is 4.98 Å². The predicted octanol–water partition coefficient (Wildman–Crippen LogP) is 3.26. The largest absolute Gasteiger partial charge is 0.390 e. The van der Waals surface area contributed by atoms with Crippen LogP contribution in [0.3, 0.4) is 0 Å². The smallest absolute Gasteiger partial charge is 0.270 e. The number of rotatable bonds is 3. The van der Waals surface area contributed by atoms with Crippen LogP contribution < -0.4 is 5.73 Å². The number of nitrogens with two attached hydrogens (primary N) is 1. The van der Waals surface area contributed by atoms with Gasteiger partial charge in [-0.3, -0.25) is 10.1 Å². The molecule has 0 saturated heterocycles. The molecule has 2 N–H and O–H groups in total. The number of nitrogen functional groups attached to an aromatic ring is 1. The highest BCUT2D eigenvalue weighted by atomic mass is 32.1. The van der Waals surface area contributed by atoms with Gasteiger partial charge in [-0.1, -0.05) is 17.3 Å². The van der Waals surface area contributed by atoms with Crippen molar-refractivity contribution >= 4 is 22.0 Å². The van der Waals surface area contributed by atoms with Crippen LogP contribution in [0.15, 0.2) is 34.9 Å². The van der Waals surface area contributed by atoms with Crippen LogP contribution in [0.5, 0.6) is 0 Å². The summed E-state index contributed by atoms with van der Waals surface area (Å²) in [6.07, 6.45) is 0. The standard InChI is InChI=1S/C13H10N4O3S/c1-7-5-10(11(14)21-7)13-15-12(16-20-13)8-3-2-4-9(6-8)17(18)19/h2-6H,14H2,1H3. The lowest BCUT2D eigenvalue weighted by Crippen LogP contribution is -1.89. The van der Waals surface area contributed by atoms with E-state index in [1.807, 2.05) is 13.0 Å². The highest BCUT2D eigenvalue weighted by Crippen LogP contribution is 2.33. The lowest BCUT2D eigenvalue weighted by Gasteiger charge is -1.94. The molecular weight excluding hydrogens is 292 g/mol. The summed E-state index contributed by atoms with van der Waals surface area (Å²) < 4.78 is 5.20. The van der Waals surface area contributed by atoms with E-state index >= 15 is 0 Å². The fraction of sp³-hybridized carbons (Fsp3) is 0.0769. The molecule has 2 aromatic heterocycles. The maximum Gasteiger partial charge on any atom is 0.270 e. The maximum absolute atomic E-state index is 10.8. The van der Waals surface area contributed by atoms with E-state index in [4.69, 9.17) is 10.3 Å². The van der Waals surface area contributed by atoms with Crippen molar-refractivity contribution in [2.45, 2.75) is 6.92 Å². The van der Waals surface area contributed by atoms with Crippen LogP contribution in [-0.2, 0) is 0 Å². The van der Waals surface area contributed by atoms with Crippen molar-refractivity contribution in [3.63, 3.8) is 0 Å². The van der Waals surface area contributed by atoms with Crippen molar-refractivity contribution < 1.29 is 9.45 Å². The topological polar surface area (TPSA) is 108 Å². The zero-order valence-corrected chi connectivity index (χ0v) is 11.8. The molecule has 0 bridgehead atoms. The Morgan fingerprint density at radius 3 is 2.86 bits per heavy atom. The predicted molar refractivity (Wildman–Crippen MR) is 78.9 cm³/mol. The summed E-state index contributed by atoms with van der Waals surface area (Å²) in [7, 11) is 0. The van der Waals surface area contributed by atoms with E-state index in [0.29, 0.717) is 22.0 Å². The molecular formula is C13H10N4O3S. The summed E-state index contributed by atoms with van der Waals surface area (Å²) >= 11 is 1.44. The minimum atomic E-state index is -0.468. The molecule has 0 unspecified atom stereocenters. The molecule has 0 atom stereocenters. The molecule has 8 heteroatoms. The Kier molecular flexibility index (Phi) is 3.15. The summed E-state index contributed by atoms with van der Waals surface area (Å²) in [5, 5.41) is 15.2. The monoisotopic (exact) mass is 302 g/mol. The SMILES string of the molecule is Cc1cc(-c2nc(-c3cccc([N+](=O)[O-])c3)no2)c(N)s1. The highest BCUT2D eigenvalue weighted by Gasteiger charge is 2.16. The minimum absolute atomic E-state index is 0.0234. The summed E-state index contributed by atoms with van der Waals surface area (Å²) in [6, 6.07) is 7.93. The van der Waals surface area contributed by atoms with Crippen molar-refractivity contribution in [3.05, 3.63) is 45.3 Å². The van der Waals surface area contributed by atoms with Gasteiger partial charge in [-0.05, 0) is 13.0 Å². The third-order valence-corrected chi connectivity index (χ3v) is 3.74. The molecule has 0 fully saturated rings. The zero-order valence-electron chi connectivity index (χ0n) is 10.9. The van der Waals surface area contributed by atoms with Gasteiger partial charge >= 0.3 is 0 Å². The van der Waals surface area contributed by atoms with E-state index in [9.17, 15) is 10.1 Å². The second kappa shape index (κ2) is 4.98. The van der Waals surface area contributed by atoms with E-state index in [1.54, 1.807) is 12.1 Å². The Morgan fingerprint density at radius 1 is 1.38 bits per heavy atom. The second-order valence-electron chi connectivity index (χ2n) is 4.37. The quantitative estimate of drug-likeness (QED) is 0.587. The Bertz CT molecular complexity index is 824. The Balaban J connectivity index is 2.00. The van der Waals surface area contributed by atoms with E-state index < -0.39 is 4.92 Å². The Morgan fingerprint density at radius 2 is 2.19 bits per heavy atom. The number of anilines is 1. The average molecular weight is 302 g/mol. The number of hydrogen-bond acceptors (Lipinski definition) is 7. The molecule has 0 spiro atoms. The maximum atomic E-state index is 10.8. The Hall–Kier alpha value is -2.74. The van der Waals surface area contributed by atoms with E-state index in [2.05, 4.69) is 10.1 Å². The van der Waals surface area contributed by atoms with Gasteiger partial charge in [0, 0.05) is 22.6 Å². The Labute approximate surface area is 123 Å². The number of hydrogen-bond donors (Lipinski definition) is 1. The molecule has 1 aromatic carbocycles. The fourth-order valence-corrected chi connectivity index (χ4v) is 2.69. The van der Waals surface area contributed by atoms with Gasteiger partial charge in [0.15, 0.2) is 0 Å². The third kappa shape index (κ3) is 2.48. The molecule has 0 aliphatic rings. The molecule has 0 aliphatic heterocycles.